The highest BCUT2D eigenvalue weighted by molar-refractivity contribution is 5.79. The van der Waals surface area contributed by atoms with Crippen molar-refractivity contribution in [1.82, 2.24) is 0 Å². The predicted molar refractivity (Wildman–Crippen MR) is 73.9 cm³/mol. The van der Waals surface area contributed by atoms with Crippen molar-refractivity contribution < 1.29 is 39.5 Å². The van der Waals surface area contributed by atoms with Crippen LogP contribution in [0.5, 0.6) is 0 Å². The molecule has 1 aliphatic rings. The minimum absolute atomic E-state index is 0.119. The van der Waals surface area contributed by atoms with Gasteiger partial charge in [-0.2, -0.15) is 0 Å². The number of rotatable bonds is 8. The van der Waals surface area contributed by atoms with Gasteiger partial charge in [0.05, 0.1) is 19.3 Å². The van der Waals surface area contributed by atoms with Crippen molar-refractivity contribution in [3.8, 4) is 0 Å². The van der Waals surface area contributed by atoms with Crippen LogP contribution < -0.4 is 0 Å². The fourth-order valence-electron chi connectivity index (χ4n) is 2.34. The minimum atomic E-state index is -1.48. The SMILES string of the molecule is CCOC(=O)CCCC(=O)C[C@@H]1OC(CO)[C@@H](O)C(O)[C@@H]1O. The van der Waals surface area contributed by atoms with Crippen molar-refractivity contribution in [2.24, 2.45) is 0 Å². The average molecular weight is 320 g/mol. The Bertz CT molecular complexity index is 370. The molecule has 0 amide bonds. The minimum Gasteiger partial charge on any atom is -0.466 e. The normalized spacial score (nSPS) is 31.8. The lowest BCUT2D eigenvalue weighted by atomic mass is 9.92. The first kappa shape index (κ1) is 19.0. The lowest BCUT2D eigenvalue weighted by Gasteiger charge is -2.39. The van der Waals surface area contributed by atoms with Gasteiger partial charge >= 0.3 is 5.97 Å². The summed E-state index contributed by atoms with van der Waals surface area (Å²) < 4.78 is 9.99. The number of hydrogen-bond acceptors (Lipinski definition) is 8. The van der Waals surface area contributed by atoms with Gasteiger partial charge in [-0.15, -0.1) is 0 Å². The number of ether oxygens (including phenoxy) is 2. The lowest BCUT2D eigenvalue weighted by Crippen LogP contribution is -2.58. The molecule has 8 nitrogen and oxygen atoms in total. The molecule has 0 bridgehead atoms. The van der Waals surface area contributed by atoms with E-state index >= 15 is 0 Å². The molecule has 0 aromatic heterocycles. The van der Waals surface area contributed by atoms with Crippen LogP contribution in [0, 0.1) is 0 Å². The first-order valence-corrected chi connectivity index (χ1v) is 7.38. The highest BCUT2D eigenvalue weighted by Gasteiger charge is 2.43. The third-order valence-corrected chi connectivity index (χ3v) is 3.56. The Morgan fingerprint density at radius 3 is 2.27 bits per heavy atom. The van der Waals surface area contributed by atoms with Crippen LogP contribution in [0.1, 0.15) is 32.6 Å². The van der Waals surface area contributed by atoms with Gasteiger partial charge in [0.25, 0.3) is 0 Å². The zero-order chi connectivity index (χ0) is 16.7. The third-order valence-electron chi connectivity index (χ3n) is 3.56. The number of aliphatic hydroxyl groups is 4. The lowest BCUT2D eigenvalue weighted by molar-refractivity contribution is -0.229. The predicted octanol–water partition coefficient (Wildman–Crippen LogP) is -1.48. The quantitative estimate of drug-likeness (QED) is 0.398. The number of carbonyl (C=O) groups is 2. The standard InChI is InChI=1S/C14H24O8/c1-2-21-11(17)5-3-4-8(16)6-9-12(18)14(20)13(19)10(7-15)22-9/h9-10,12-15,18-20H,2-7H2,1H3/t9-,10?,12+,13+,14?/m0/s1. The van der Waals surface area contributed by atoms with Crippen molar-refractivity contribution in [2.45, 2.75) is 63.1 Å². The van der Waals surface area contributed by atoms with E-state index in [0.717, 1.165) is 0 Å². The highest BCUT2D eigenvalue weighted by atomic mass is 16.5. The molecule has 2 unspecified atom stereocenters. The van der Waals surface area contributed by atoms with Gasteiger partial charge in [0, 0.05) is 19.3 Å². The third kappa shape index (κ3) is 5.29. The van der Waals surface area contributed by atoms with Crippen LogP contribution in [0.15, 0.2) is 0 Å². The Morgan fingerprint density at radius 2 is 1.68 bits per heavy atom. The maximum Gasteiger partial charge on any atom is 0.305 e. The molecule has 22 heavy (non-hydrogen) atoms. The Balaban J connectivity index is 2.41. The molecule has 128 valence electrons. The molecule has 0 aromatic rings. The van der Waals surface area contributed by atoms with E-state index in [1.165, 1.54) is 0 Å². The summed E-state index contributed by atoms with van der Waals surface area (Å²) in [6.45, 7) is 1.46. The molecule has 1 fully saturated rings. The van der Waals surface area contributed by atoms with E-state index in [1.54, 1.807) is 6.92 Å². The number of esters is 1. The second-order valence-corrected chi connectivity index (χ2v) is 5.27. The van der Waals surface area contributed by atoms with E-state index in [4.69, 9.17) is 14.6 Å². The molecule has 5 atom stereocenters. The molecule has 1 aliphatic heterocycles. The van der Waals surface area contributed by atoms with Gasteiger partial charge in [-0.05, 0) is 13.3 Å². The first-order chi connectivity index (χ1) is 10.4. The molecular weight excluding hydrogens is 296 g/mol. The van der Waals surface area contributed by atoms with E-state index < -0.39 is 37.1 Å². The van der Waals surface area contributed by atoms with Gasteiger partial charge in [0.15, 0.2) is 0 Å². The Morgan fingerprint density at radius 1 is 1.05 bits per heavy atom. The van der Waals surface area contributed by atoms with Gasteiger partial charge in [-0.1, -0.05) is 0 Å². The summed E-state index contributed by atoms with van der Waals surface area (Å²) in [5, 5.41) is 38.1. The summed E-state index contributed by atoms with van der Waals surface area (Å²) in [7, 11) is 0. The number of ketones is 1. The van der Waals surface area contributed by atoms with E-state index in [2.05, 4.69) is 0 Å². The van der Waals surface area contributed by atoms with Crippen LogP contribution >= 0.6 is 0 Å². The van der Waals surface area contributed by atoms with Crippen LogP contribution in [-0.2, 0) is 19.1 Å². The number of hydrogen-bond donors (Lipinski definition) is 4. The van der Waals surface area contributed by atoms with Crippen LogP contribution in [0.3, 0.4) is 0 Å². The summed E-state index contributed by atoms with van der Waals surface area (Å²) >= 11 is 0. The molecule has 1 saturated heterocycles. The van der Waals surface area contributed by atoms with Gasteiger partial charge in [0.1, 0.15) is 30.2 Å². The monoisotopic (exact) mass is 320 g/mol. The number of carbonyl (C=O) groups excluding carboxylic acids is 2. The van der Waals surface area contributed by atoms with Crippen molar-refractivity contribution in [3.63, 3.8) is 0 Å². The molecule has 0 saturated carbocycles. The summed E-state index contributed by atoms with van der Waals surface area (Å²) in [4.78, 5) is 23.0. The maximum atomic E-state index is 11.8. The molecule has 0 aromatic carbocycles. The fraction of sp³-hybridized carbons (Fsp3) is 0.857. The van der Waals surface area contributed by atoms with Crippen molar-refractivity contribution in [2.75, 3.05) is 13.2 Å². The zero-order valence-electron chi connectivity index (χ0n) is 12.6. The number of aliphatic hydroxyl groups excluding tert-OH is 4. The highest BCUT2D eigenvalue weighted by Crippen LogP contribution is 2.23. The van der Waals surface area contributed by atoms with E-state index in [-0.39, 0.29) is 37.6 Å². The molecule has 0 spiro atoms. The topological polar surface area (TPSA) is 134 Å². The second kappa shape index (κ2) is 9.16. The molecule has 4 N–H and O–H groups in total. The maximum absolute atomic E-state index is 11.8. The summed E-state index contributed by atoms with van der Waals surface area (Å²) in [6.07, 6.45) is -5.92. The molecule has 1 heterocycles. The Hall–Kier alpha value is -1.06. The smallest absolute Gasteiger partial charge is 0.305 e. The van der Waals surface area contributed by atoms with E-state index in [1.807, 2.05) is 0 Å². The van der Waals surface area contributed by atoms with Gasteiger partial charge in [-0.25, -0.2) is 0 Å². The van der Waals surface area contributed by atoms with Crippen LogP contribution in [0.2, 0.25) is 0 Å². The summed E-state index contributed by atoms with van der Waals surface area (Å²) in [5.41, 5.74) is 0. The van der Waals surface area contributed by atoms with Gasteiger partial charge in [0.2, 0.25) is 0 Å². The van der Waals surface area contributed by atoms with E-state index in [9.17, 15) is 24.9 Å². The van der Waals surface area contributed by atoms with Gasteiger partial charge in [-0.3, -0.25) is 9.59 Å². The second-order valence-electron chi connectivity index (χ2n) is 5.27. The van der Waals surface area contributed by atoms with Crippen molar-refractivity contribution in [1.29, 1.82) is 0 Å². The molecule has 0 aliphatic carbocycles. The van der Waals surface area contributed by atoms with Crippen LogP contribution in [0.4, 0.5) is 0 Å². The van der Waals surface area contributed by atoms with Crippen LogP contribution in [-0.4, -0.2) is 75.9 Å². The Kier molecular flexibility index (Phi) is 7.91. The fourth-order valence-corrected chi connectivity index (χ4v) is 2.34. The summed E-state index contributed by atoms with van der Waals surface area (Å²) in [5.74, 6) is -0.614. The zero-order valence-corrected chi connectivity index (χ0v) is 12.6. The number of Topliss-reactive ketones (excluding diaryl/α,β-unsaturated/α-hetero) is 1. The molecule has 8 heteroatoms. The molecule has 1 rings (SSSR count). The van der Waals surface area contributed by atoms with Gasteiger partial charge < -0.3 is 29.9 Å². The largest absolute Gasteiger partial charge is 0.466 e. The van der Waals surface area contributed by atoms with E-state index in [0.29, 0.717) is 6.42 Å². The van der Waals surface area contributed by atoms with Crippen LogP contribution in [0.25, 0.3) is 0 Å². The molecule has 0 radical (unpaired) electrons. The first-order valence-electron chi connectivity index (χ1n) is 7.38. The Labute approximate surface area is 128 Å². The van der Waals surface area contributed by atoms with Crippen molar-refractivity contribution >= 4 is 11.8 Å². The van der Waals surface area contributed by atoms with Crippen molar-refractivity contribution in [3.05, 3.63) is 0 Å². The average Bonchev–Trinajstić information content (AvgIpc) is 2.48. The summed E-state index contributed by atoms with van der Waals surface area (Å²) in [6, 6.07) is 0. The molecular formula is C14H24O8.